The second-order valence-electron chi connectivity index (χ2n) is 8.61. The van der Waals surface area contributed by atoms with Crippen molar-refractivity contribution in [3.05, 3.63) is 94.4 Å². The molecule has 0 spiro atoms. The van der Waals surface area contributed by atoms with Crippen LogP contribution in [0.1, 0.15) is 57.2 Å². The Balaban J connectivity index is 1.54. The van der Waals surface area contributed by atoms with Crippen LogP contribution in [-0.4, -0.2) is 22.1 Å². The number of carbonyl (C=O) groups excluding carboxylic acids is 1. The number of hydrogen-bond acceptors (Lipinski definition) is 3. The summed E-state index contributed by atoms with van der Waals surface area (Å²) >= 11 is 0. The third kappa shape index (κ3) is 4.45. The lowest BCUT2D eigenvalue weighted by Crippen LogP contribution is -2.48. The van der Waals surface area contributed by atoms with Crippen molar-refractivity contribution in [3.8, 4) is 11.1 Å². The number of hydrogen-bond donors (Lipinski definition) is 0. The molecule has 1 aliphatic heterocycles. The maximum atomic E-state index is 13.2. The van der Waals surface area contributed by atoms with Gasteiger partial charge in [-0.15, -0.1) is 0 Å². The topological polar surface area (TPSA) is 51.5 Å². The van der Waals surface area contributed by atoms with Gasteiger partial charge >= 0.3 is 6.09 Å². The summed E-state index contributed by atoms with van der Waals surface area (Å²) in [6.45, 7) is 7.43. The summed E-state index contributed by atoms with van der Waals surface area (Å²) in [6.07, 6.45) is 3.97. The lowest BCUT2D eigenvalue weighted by Gasteiger charge is -2.43. The van der Waals surface area contributed by atoms with E-state index in [9.17, 15) is 9.59 Å². The van der Waals surface area contributed by atoms with Gasteiger partial charge in [0.05, 0.1) is 6.04 Å². The first-order valence-corrected chi connectivity index (χ1v) is 11.9. The van der Waals surface area contributed by atoms with E-state index in [2.05, 4.69) is 38.1 Å². The van der Waals surface area contributed by atoms with Crippen molar-refractivity contribution in [1.29, 1.82) is 0 Å². The minimum absolute atomic E-state index is 0.00573. The SMILES string of the molecule is CC[C@@H](c1ccc(-c2ccc(=O)n(CC)c2)cc1)N1CC[C@](CC)(c2ccccc2)OC1=O. The van der Waals surface area contributed by atoms with E-state index in [1.165, 1.54) is 0 Å². The van der Waals surface area contributed by atoms with Gasteiger partial charge < -0.3 is 14.2 Å². The zero-order chi connectivity index (χ0) is 23.4. The molecule has 5 nitrogen and oxygen atoms in total. The molecule has 0 aliphatic carbocycles. The lowest BCUT2D eigenvalue weighted by molar-refractivity contribution is -0.0646. The Kier molecular flexibility index (Phi) is 6.68. The van der Waals surface area contributed by atoms with Crippen LogP contribution in [0.15, 0.2) is 77.7 Å². The lowest BCUT2D eigenvalue weighted by atomic mass is 9.86. The number of rotatable bonds is 7. The van der Waals surface area contributed by atoms with Gasteiger partial charge in [0.15, 0.2) is 0 Å². The summed E-state index contributed by atoms with van der Waals surface area (Å²) in [5.41, 5.74) is 3.65. The Morgan fingerprint density at radius 3 is 2.21 bits per heavy atom. The van der Waals surface area contributed by atoms with Gasteiger partial charge in [-0.1, -0.05) is 68.4 Å². The summed E-state index contributed by atoms with van der Waals surface area (Å²) in [5.74, 6) is 0. The minimum atomic E-state index is -0.556. The molecule has 4 rings (SSSR count). The van der Waals surface area contributed by atoms with Gasteiger partial charge in [-0.3, -0.25) is 4.79 Å². The van der Waals surface area contributed by atoms with E-state index < -0.39 is 5.60 Å². The van der Waals surface area contributed by atoms with Gasteiger partial charge in [-0.25, -0.2) is 4.79 Å². The largest absolute Gasteiger partial charge is 0.438 e. The van der Waals surface area contributed by atoms with Crippen LogP contribution in [0.25, 0.3) is 11.1 Å². The molecule has 0 bridgehead atoms. The van der Waals surface area contributed by atoms with Gasteiger partial charge in [0.2, 0.25) is 0 Å². The molecule has 2 heterocycles. The zero-order valence-corrected chi connectivity index (χ0v) is 19.7. The quantitative estimate of drug-likeness (QED) is 0.440. The van der Waals surface area contributed by atoms with Crippen LogP contribution in [0.2, 0.25) is 0 Å². The van der Waals surface area contributed by atoms with Crippen molar-refractivity contribution in [2.45, 2.75) is 58.2 Å². The molecule has 1 amide bonds. The highest BCUT2D eigenvalue weighted by Crippen LogP contribution is 2.40. The van der Waals surface area contributed by atoms with Crippen LogP contribution in [0.4, 0.5) is 4.79 Å². The van der Waals surface area contributed by atoms with Crippen molar-refractivity contribution in [1.82, 2.24) is 9.47 Å². The van der Waals surface area contributed by atoms with E-state index in [0.29, 0.717) is 13.1 Å². The predicted molar refractivity (Wildman–Crippen MR) is 131 cm³/mol. The summed E-state index contributed by atoms with van der Waals surface area (Å²) in [6, 6.07) is 21.8. The van der Waals surface area contributed by atoms with Crippen LogP contribution >= 0.6 is 0 Å². The monoisotopic (exact) mass is 444 g/mol. The third-order valence-corrected chi connectivity index (χ3v) is 6.86. The van der Waals surface area contributed by atoms with Gasteiger partial charge in [0.25, 0.3) is 5.56 Å². The molecule has 2 atom stereocenters. The van der Waals surface area contributed by atoms with Crippen molar-refractivity contribution >= 4 is 6.09 Å². The van der Waals surface area contributed by atoms with Crippen molar-refractivity contribution in [2.75, 3.05) is 6.54 Å². The number of aromatic nitrogens is 1. The molecule has 3 aromatic rings. The van der Waals surface area contributed by atoms with E-state index in [0.717, 1.165) is 41.5 Å². The molecule has 1 aromatic heterocycles. The highest BCUT2D eigenvalue weighted by molar-refractivity contribution is 5.70. The summed E-state index contributed by atoms with van der Waals surface area (Å²) < 4.78 is 7.81. The first-order chi connectivity index (χ1) is 16.0. The Hall–Kier alpha value is -3.34. The Labute approximate surface area is 195 Å². The molecule has 5 heteroatoms. The molecule has 0 unspecified atom stereocenters. The van der Waals surface area contributed by atoms with Crippen LogP contribution in [0, 0.1) is 0 Å². The number of benzene rings is 2. The van der Waals surface area contributed by atoms with Crippen LogP contribution in [0.5, 0.6) is 0 Å². The van der Waals surface area contributed by atoms with E-state index in [1.54, 1.807) is 10.6 Å². The second kappa shape index (κ2) is 9.65. The number of ether oxygens (including phenoxy) is 1. The normalized spacial score (nSPS) is 19.2. The Morgan fingerprint density at radius 2 is 1.61 bits per heavy atom. The molecule has 0 N–H and O–H groups in total. The summed E-state index contributed by atoms with van der Waals surface area (Å²) in [4.78, 5) is 26.9. The summed E-state index contributed by atoms with van der Waals surface area (Å²) in [7, 11) is 0. The highest BCUT2D eigenvalue weighted by atomic mass is 16.6. The van der Waals surface area contributed by atoms with Crippen molar-refractivity contribution in [2.24, 2.45) is 0 Å². The number of pyridine rings is 1. The average Bonchev–Trinajstić information content (AvgIpc) is 2.86. The first-order valence-electron chi connectivity index (χ1n) is 11.9. The molecular formula is C28H32N2O3. The van der Waals surface area contributed by atoms with E-state index in [4.69, 9.17) is 4.74 Å². The number of aryl methyl sites for hydroxylation is 1. The fraction of sp³-hybridized carbons (Fsp3) is 0.357. The van der Waals surface area contributed by atoms with Gasteiger partial charge in [-0.05, 0) is 48.1 Å². The Morgan fingerprint density at radius 1 is 0.909 bits per heavy atom. The van der Waals surface area contributed by atoms with Crippen molar-refractivity contribution in [3.63, 3.8) is 0 Å². The van der Waals surface area contributed by atoms with Gasteiger partial charge in [0, 0.05) is 31.8 Å². The number of cyclic esters (lactones) is 1. The molecule has 0 saturated carbocycles. The standard InChI is InChI=1S/C28H32N2O3/c1-4-25(22-14-12-21(13-15-22)23-16-17-26(31)29(6-3)20-23)30-19-18-28(5-2,33-27(30)32)24-10-8-7-9-11-24/h7-17,20,25H,4-6,18-19H2,1-3H3/t25-,28+/m0/s1. The molecule has 172 valence electrons. The van der Waals surface area contributed by atoms with Crippen LogP contribution in [0.3, 0.4) is 0 Å². The Bertz CT molecular complexity index is 1150. The fourth-order valence-electron chi connectivity index (χ4n) is 4.83. The first kappa shape index (κ1) is 22.8. The molecular weight excluding hydrogens is 412 g/mol. The highest BCUT2D eigenvalue weighted by Gasteiger charge is 2.42. The predicted octanol–water partition coefficient (Wildman–Crippen LogP) is 6.13. The van der Waals surface area contributed by atoms with Gasteiger partial charge in [0.1, 0.15) is 5.60 Å². The minimum Gasteiger partial charge on any atom is -0.438 e. The fourth-order valence-corrected chi connectivity index (χ4v) is 4.83. The van der Waals surface area contributed by atoms with E-state index in [-0.39, 0.29) is 17.7 Å². The average molecular weight is 445 g/mol. The maximum Gasteiger partial charge on any atom is 0.411 e. The molecule has 1 aliphatic rings. The maximum absolute atomic E-state index is 13.2. The van der Waals surface area contributed by atoms with Crippen LogP contribution < -0.4 is 5.56 Å². The van der Waals surface area contributed by atoms with Gasteiger partial charge in [-0.2, -0.15) is 0 Å². The molecule has 0 radical (unpaired) electrons. The van der Waals surface area contributed by atoms with E-state index in [1.807, 2.05) is 54.4 Å². The smallest absolute Gasteiger partial charge is 0.411 e. The third-order valence-electron chi connectivity index (χ3n) is 6.86. The zero-order valence-electron chi connectivity index (χ0n) is 19.7. The second-order valence-corrected chi connectivity index (χ2v) is 8.61. The molecule has 1 saturated heterocycles. The number of nitrogens with zero attached hydrogens (tertiary/aromatic N) is 2. The van der Waals surface area contributed by atoms with Crippen LogP contribution in [-0.2, 0) is 16.9 Å². The van der Waals surface area contributed by atoms with E-state index >= 15 is 0 Å². The summed E-state index contributed by atoms with van der Waals surface area (Å²) in [5, 5.41) is 0. The number of carbonyl (C=O) groups is 1. The molecule has 2 aromatic carbocycles. The molecule has 33 heavy (non-hydrogen) atoms. The van der Waals surface area contributed by atoms with Crippen molar-refractivity contribution < 1.29 is 9.53 Å². The molecule has 1 fully saturated rings. The number of amides is 1.